The number of hydrogen-bond donors (Lipinski definition) is 1. The van der Waals surface area contributed by atoms with E-state index in [9.17, 15) is 9.59 Å². The molecule has 158 valence electrons. The highest BCUT2D eigenvalue weighted by molar-refractivity contribution is 7.15. The van der Waals surface area contributed by atoms with E-state index in [2.05, 4.69) is 17.1 Å². The summed E-state index contributed by atoms with van der Waals surface area (Å²) >= 11 is 1.49. The second kappa shape index (κ2) is 9.53. The Balaban J connectivity index is 1.41. The Hall–Kier alpha value is -2.51. The molecule has 6 nitrogen and oxygen atoms in total. The van der Waals surface area contributed by atoms with E-state index in [1.807, 2.05) is 35.7 Å². The smallest absolute Gasteiger partial charge is 0.259 e. The molecule has 1 aliphatic heterocycles. The molecular weight excluding hydrogens is 396 g/mol. The maximum Gasteiger partial charge on any atom is 0.259 e. The lowest BCUT2D eigenvalue weighted by Crippen LogP contribution is -2.40. The van der Waals surface area contributed by atoms with Gasteiger partial charge in [-0.05, 0) is 37.9 Å². The zero-order valence-corrected chi connectivity index (χ0v) is 18.2. The lowest BCUT2D eigenvalue weighted by molar-refractivity contribution is -0.126. The Kier molecular flexibility index (Phi) is 6.59. The first-order chi connectivity index (χ1) is 14.7. The van der Waals surface area contributed by atoms with Crippen LogP contribution in [0.4, 0.5) is 0 Å². The molecule has 0 radical (unpaired) electrons. The van der Waals surface area contributed by atoms with Crippen molar-refractivity contribution in [1.29, 1.82) is 0 Å². The van der Waals surface area contributed by atoms with Gasteiger partial charge in [0.2, 0.25) is 5.91 Å². The maximum absolute atomic E-state index is 12.8. The Morgan fingerprint density at radius 2 is 2.00 bits per heavy atom. The highest BCUT2D eigenvalue weighted by Gasteiger charge is 2.25. The van der Waals surface area contributed by atoms with Gasteiger partial charge in [0.25, 0.3) is 5.56 Å². The average Bonchev–Trinajstić information content (AvgIpc) is 3.19. The summed E-state index contributed by atoms with van der Waals surface area (Å²) in [5.41, 5.74) is 2.65. The van der Waals surface area contributed by atoms with Gasteiger partial charge in [-0.15, -0.1) is 11.3 Å². The number of nitrogens with zero attached hydrogens (tertiary/aromatic N) is 3. The Labute approximate surface area is 180 Å². The third-order valence-electron chi connectivity index (χ3n) is 5.70. The first-order valence-electron chi connectivity index (χ1n) is 10.7. The fraction of sp³-hybridized carbons (Fsp3) is 0.435. The van der Waals surface area contributed by atoms with Crippen molar-refractivity contribution in [2.24, 2.45) is 5.92 Å². The molecule has 4 rings (SSSR count). The van der Waals surface area contributed by atoms with Gasteiger partial charge in [-0.25, -0.2) is 4.98 Å². The number of nitrogens with one attached hydrogen (secondary N) is 1. The van der Waals surface area contributed by atoms with Crippen LogP contribution < -0.4 is 10.9 Å². The molecule has 0 unspecified atom stereocenters. The van der Waals surface area contributed by atoms with Gasteiger partial charge in [0.15, 0.2) is 4.96 Å². The zero-order valence-electron chi connectivity index (χ0n) is 17.3. The molecule has 1 amide bonds. The number of benzene rings is 1. The number of piperidine rings is 1. The fourth-order valence-corrected chi connectivity index (χ4v) is 4.89. The first-order valence-corrected chi connectivity index (χ1v) is 11.6. The van der Waals surface area contributed by atoms with E-state index in [0.717, 1.165) is 67.2 Å². The predicted octanol–water partition coefficient (Wildman–Crippen LogP) is 3.55. The summed E-state index contributed by atoms with van der Waals surface area (Å²) < 4.78 is 1.69. The molecule has 3 aromatic rings. The highest BCUT2D eigenvalue weighted by Crippen LogP contribution is 2.24. The normalized spacial score (nSPS) is 15.5. The number of likely N-dealkylation sites (tertiary alicyclic amines) is 1. The van der Waals surface area contributed by atoms with E-state index in [0.29, 0.717) is 6.54 Å². The predicted molar refractivity (Wildman–Crippen MR) is 121 cm³/mol. The van der Waals surface area contributed by atoms with Crippen LogP contribution in [0.25, 0.3) is 16.2 Å². The van der Waals surface area contributed by atoms with E-state index in [4.69, 9.17) is 4.98 Å². The van der Waals surface area contributed by atoms with Crippen LogP contribution in [-0.2, 0) is 11.3 Å². The van der Waals surface area contributed by atoms with Crippen LogP contribution in [0.2, 0.25) is 0 Å². The number of fused-ring (bicyclic) bond motifs is 1. The second-order valence-corrected chi connectivity index (χ2v) is 8.72. The summed E-state index contributed by atoms with van der Waals surface area (Å²) in [7, 11) is 0. The number of carbonyl (C=O) groups excluding carboxylic acids is 1. The van der Waals surface area contributed by atoms with Crippen molar-refractivity contribution < 1.29 is 4.79 Å². The van der Waals surface area contributed by atoms with Gasteiger partial charge in [-0.1, -0.05) is 43.7 Å². The summed E-state index contributed by atoms with van der Waals surface area (Å²) in [6.07, 6.45) is 3.84. The monoisotopic (exact) mass is 424 g/mol. The summed E-state index contributed by atoms with van der Waals surface area (Å²) in [5, 5.41) is 5.04. The molecule has 0 aliphatic carbocycles. The molecule has 1 aliphatic rings. The van der Waals surface area contributed by atoms with Crippen LogP contribution in [0.5, 0.6) is 0 Å². The molecule has 0 spiro atoms. The summed E-state index contributed by atoms with van der Waals surface area (Å²) in [6, 6.07) is 11.6. The largest absolute Gasteiger partial charge is 0.356 e. The summed E-state index contributed by atoms with van der Waals surface area (Å²) in [6.45, 7) is 5.25. The SMILES string of the molecule is CCCCNC(=O)C1CCN(Cc2cc(=O)n3c(-c4ccccc4)csc3n2)CC1. The molecule has 0 atom stereocenters. The zero-order chi connectivity index (χ0) is 20.9. The topological polar surface area (TPSA) is 66.7 Å². The van der Waals surface area contributed by atoms with E-state index in [1.54, 1.807) is 10.5 Å². The lowest BCUT2D eigenvalue weighted by atomic mass is 9.95. The number of rotatable bonds is 7. The molecule has 1 N–H and O–H groups in total. The van der Waals surface area contributed by atoms with Crippen molar-refractivity contribution in [3.63, 3.8) is 0 Å². The fourth-order valence-electron chi connectivity index (χ4n) is 3.97. The van der Waals surface area contributed by atoms with Crippen molar-refractivity contribution in [2.45, 2.75) is 39.2 Å². The Morgan fingerprint density at radius 1 is 1.23 bits per heavy atom. The summed E-state index contributed by atoms with van der Waals surface area (Å²) in [5.74, 6) is 0.290. The summed E-state index contributed by atoms with van der Waals surface area (Å²) in [4.78, 5) is 32.8. The number of aromatic nitrogens is 2. The van der Waals surface area contributed by atoms with Crippen LogP contribution in [-0.4, -0.2) is 39.8 Å². The third kappa shape index (κ3) is 4.63. The first kappa shape index (κ1) is 20.8. The Morgan fingerprint density at radius 3 is 2.73 bits per heavy atom. The van der Waals surface area contributed by atoms with Gasteiger partial charge in [0, 0.05) is 30.5 Å². The number of amides is 1. The Bertz CT molecular complexity index is 1050. The van der Waals surface area contributed by atoms with E-state index >= 15 is 0 Å². The van der Waals surface area contributed by atoms with E-state index < -0.39 is 0 Å². The van der Waals surface area contributed by atoms with Crippen molar-refractivity contribution in [3.05, 3.63) is 57.8 Å². The van der Waals surface area contributed by atoms with Gasteiger partial charge >= 0.3 is 0 Å². The molecule has 0 bridgehead atoms. The minimum atomic E-state index is -0.0414. The standard InChI is InChI=1S/C23H28N4O2S/c1-2-3-11-24-22(29)18-9-12-26(13-10-18)15-19-14-21(28)27-20(16-30-23(27)25-19)17-7-5-4-6-8-17/h4-8,14,16,18H,2-3,9-13,15H2,1H3,(H,24,29). The molecule has 7 heteroatoms. The number of carbonyl (C=O) groups is 1. The minimum Gasteiger partial charge on any atom is -0.356 e. The van der Waals surface area contributed by atoms with Crippen LogP contribution in [0.1, 0.15) is 38.3 Å². The van der Waals surface area contributed by atoms with Gasteiger partial charge in [0.1, 0.15) is 0 Å². The van der Waals surface area contributed by atoms with Gasteiger partial charge in [-0.3, -0.25) is 18.9 Å². The number of thiazole rings is 1. The molecule has 2 aromatic heterocycles. The van der Waals surface area contributed by atoms with Crippen LogP contribution >= 0.6 is 11.3 Å². The van der Waals surface area contributed by atoms with E-state index in [-0.39, 0.29) is 17.4 Å². The average molecular weight is 425 g/mol. The van der Waals surface area contributed by atoms with Crippen molar-refractivity contribution in [1.82, 2.24) is 19.6 Å². The van der Waals surface area contributed by atoms with Crippen molar-refractivity contribution >= 4 is 22.2 Å². The molecule has 0 saturated carbocycles. The number of unbranched alkanes of at least 4 members (excludes halogenated alkanes) is 1. The third-order valence-corrected chi connectivity index (χ3v) is 6.53. The quantitative estimate of drug-likeness (QED) is 0.589. The molecule has 1 fully saturated rings. The molecule has 1 saturated heterocycles. The highest BCUT2D eigenvalue weighted by atomic mass is 32.1. The molecule has 1 aromatic carbocycles. The molecular formula is C23H28N4O2S. The van der Waals surface area contributed by atoms with Gasteiger partial charge in [0.05, 0.1) is 11.4 Å². The minimum absolute atomic E-state index is 0.0414. The van der Waals surface area contributed by atoms with Gasteiger partial charge < -0.3 is 5.32 Å². The molecule has 3 heterocycles. The van der Waals surface area contributed by atoms with Crippen LogP contribution in [0.3, 0.4) is 0 Å². The van der Waals surface area contributed by atoms with Crippen molar-refractivity contribution in [3.8, 4) is 11.3 Å². The number of hydrogen-bond acceptors (Lipinski definition) is 5. The van der Waals surface area contributed by atoms with E-state index in [1.165, 1.54) is 11.3 Å². The second-order valence-electron chi connectivity index (χ2n) is 7.89. The van der Waals surface area contributed by atoms with Crippen molar-refractivity contribution in [2.75, 3.05) is 19.6 Å². The lowest BCUT2D eigenvalue weighted by Gasteiger charge is -2.31. The maximum atomic E-state index is 12.8. The van der Waals surface area contributed by atoms with Crippen LogP contribution in [0.15, 0.2) is 46.6 Å². The molecule has 30 heavy (non-hydrogen) atoms. The van der Waals surface area contributed by atoms with Gasteiger partial charge in [-0.2, -0.15) is 0 Å². The van der Waals surface area contributed by atoms with Crippen LogP contribution in [0, 0.1) is 5.92 Å².